The first kappa shape index (κ1) is 22.9. The molecule has 0 spiro atoms. The van der Waals surface area contributed by atoms with Crippen LogP contribution in [0.3, 0.4) is 0 Å². The molecule has 1 aromatic heterocycles. The molecular weight excluding hydrogens is 440 g/mol. The van der Waals surface area contributed by atoms with Gasteiger partial charge in [0.25, 0.3) is 5.91 Å². The summed E-state index contributed by atoms with van der Waals surface area (Å²) in [6.45, 7) is 4.89. The summed E-state index contributed by atoms with van der Waals surface area (Å²) in [6, 6.07) is 16.7. The van der Waals surface area contributed by atoms with Gasteiger partial charge in [-0.15, -0.1) is 11.3 Å². The number of rotatable bonds is 8. The van der Waals surface area contributed by atoms with Gasteiger partial charge in [0.05, 0.1) is 5.56 Å². The highest BCUT2D eigenvalue weighted by Crippen LogP contribution is 2.42. The Balaban J connectivity index is 1.30. The van der Waals surface area contributed by atoms with Gasteiger partial charge >= 0.3 is 0 Å². The van der Waals surface area contributed by atoms with Crippen molar-refractivity contribution in [2.24, 2.45) is 10.9 Å². The Morgan fingerprint density at radius 3 is 2.59 bits per heavy atom. The zero-order valence-electron chi connectivity index (χ0n) is 20.0. The van der Waals surface area contributed by atoms with Gasteiger partial charge in [-0.3, -0.25) is 4.79 Å². The molecule has 0 radical (unpaired) electrons. The van der Waals surface area contributed by atoms with Crippen LogP contribution in [0, 0.1) is 12.8 Å². The molecule has 1 atom stereocenters. The fraction of sp³-hybridized carbons (Fsp3) is 0.379. The van der Waals surface area contributed by atoms with Crippen LogP contribution in [0.4, 0.5) is 5.00 Å². The number of hydrogen-bond donors (Lipinski definition) is 1. The molecule has 1 N–H and O–H groups in total. The fourth-order valence-electron chi connectivity index (χ4n) is 4.43. The maximum Gasteiger partial charge on any atom is 0.254 e. The van der Waals surface area contributed by atoms with E-state index < -0.39 is 0 Å². The second-order valence-corrected chi connectivity index (χ2v) is 10.6. The lowest BCUT2D eigenvalue weighted by Gasteiger charge is -2.21. The molecule has 0 unspecified atom stereocenters. The van der Waals surface area contributed by atoms with E-state index in [9.17, 15) is 4.79 Å². The minimum atomic E-state index is 0.0574. The summed E-state index contributed by atoms with van der Waals surface area (Å²) in [6.07, 6.45) is 8.46. The number of nitrogens with one attached hydrogen (secondary N) is 1. The van der Waals surface area contributed by atoms with Crippen LogP contribution in [0.1, 0.15) is 70.1 Å². The largest absolute Gasteiger partial charge is 0.489 e. The molecule has 1 amide bonds. The van der Waals surface area contributed by atoms with Crippen molar-refractivity contribution in [3.63, 3.8) is 0 Å². The van der Waals surface area contributed by atoms with E-state index in [4.69, 9.17) is 9.73 Å². The van der Waals surface area contributed by atoms with E-state index in [1.807, 2.05) is 30.5 Å². The number of carbonyl (C=O) groups excluding carboxylic acids is 1. The molecule has 1 saturated carbocycles. The van der Waals surface area contributed by atoms with Crippen molar-refractivity contribution in [3.05, 3.63) is 81.2 Å². The van der Waals surface area contributed by atoms with Gasteiger partial charge in [0, 0.05) is 17.1 Å². The Morgan fingerprint density at radius 2 is 1.88 bits per heavy atom. The number of hydrogen-bond acceptors (Lipinski definition) is 4. The van der Waals surface area contributed by atoms with Crippen LogP contribution in [-0.4, -0.2) is 18.2 Å². The highest BCUT2D eigenvalue weighted by Gasteiger charge is 2.31. The zero-order valence-corrected chi connectivity index (χ0v) is 20.8. The van der Waals surface area contributed by atoms with Gasteiger partial charge in [-0.1, -0.05) is 43.2 Å². The summed E-state index contributed by atoms with van der Waals surface area (Å²) in [5.41, 5.74) is 5.45. The Morgan fingerprint density at radius 1 is 1.12 bits per heavy atom. The van der Waals surface area contributed by atoms with E-state index in [0.29, 0.717) is 12.6 Å². The third-order valence-electron chi connectivity index (χ3n) is 6.80. The van der Waals surface area contributed by atoms with Crippen LogP contribution < -0.4 is 10.1 Å². The second kappa shape index (κ2) is 10.1. The first-order chi connectivity index (χ1) is 16.6. The monoisotopic (exact) mass is 472 g/mol. The maximum atomic E-state index is 13.1. The number of benzene rings is 2. The Bertz CT molecular complexity index is 1170. The van der Waals surface area contributed by atoms with E-state index >= 15 is 0 Å². The lowest BCUT2D eigenvalue weighted by Crippen LogP contribution is -2.26. The van der Waals surface area contributed by atoms with Crippen molar-refractivity contribution >= 4 is 28.5 Å². The molecule has 0 saturated heterocycles. The molecular formula is C29H32N2O2S. The van der Waals surface area contributed by atoms with Crippen LogP contribution in [0.15, 0.2) is 53.5 Å². The van der Waals surface area contributed by atoms with Gasteiger partial charge < -0.3 is 10.1 Å². The Hall–Kier alpha value is -2.92. The normalized spacial score (nSPS) is 17.5. The number of nitrogens with zero attached hydrogens (tertiary/aromatic N) is 1. The number of amides is 1. The summed E-state index contributed by atoms with van der Waals surface area (Å²) in [5, 5.41) is 4.03. The van der Waals surface area contributed by atoms with E-state index in [0.717, 1.165) is 65.5 Å². The van der Waals surface area contributed by atoms with Crippen LogP contribution >= 0.6 is 11.3 Å². The molecule has 4 nitrogen and oxygen atoms in total. The van der Waals surface area contributed by atoms with Crippen molar-refractivity contribution in [2.45, 2.75) is 65.0 Å². The van der Waals surface area contributed by atoms with E-state index in [1.165, 1.54) is 22.4 Å². The van der Waals surface area contributed by atoms with Crippen LogP contribution in [0.25, 0.3) is 0 Å². The average molecular weight is 473 g/mol. The number of thiophene rings is 1. The quantitative estimate of drug-likeness (QED) is 0.367. The predicted octanol–water partition coefficient (Wildman–Crippen LogP) is 6.79. The fourth-order valence-corrected chi connectivity index (χ4v) is 5.74. The molecule has 0 bridgehead atoms. The molecule has 2 aliphatic rings. The van der Waals surface area contributed by atoms with E-state index in [-0.39, 0.29) is 5.91 Å². The van der Waals surface area contributed by atoms with Gasteiger partial charge in [-0.2, -0.15) is 0 Å². The number of fused-ring (bicyclic) bond motifs is 1. The molecule has 2 aliphatic carbocycles. The first-order valence-corrected chi connectivity index (χ1v) is 13.2. The Kier molecular flexibility index (Phi) is 6.82. The lowest BCUT2D eigenvalue weighted by molar-refractivity contribution is 0.0951. The predicted molar refractivity (Wildman–Crippen MR) is 140 cm³/mol. The van der Waals surface area contributed by atoms with Crippen LogP contribution in [-0.2, 0) is 19.4 Å². The van der Waals surface area contributed by atoms with E-state index in [2.05, 4.69) is 43.4 Å². The Labute approximate surface area is 206 Å². The number of aryl methyl sites for hydroxylation is 1. The van der Waals surface area contributed by atoms with E-state index in [1.54, 1.807) is 11.3 Å². The van der Waals surface area contributed by atoms with Gasteiger partial charge in [0.1, 0.15) is 17.4 Å². The lowest BCUT2D eigenvalue weighted by atomic mass is 9.85. The second-order valence-electron chi connectivity index (χ2n) is 9.55. The maximum absolute atomic E-state index is 13.1. The molecule has 2 aromatic carbocycles. The summed E-state index contributed by atoms with van der Waals surface area (Å²) >= 11 is 1.70. The SMILES string of the molecule is CC[C@@H]1CCc2c(sc(N=Cc3ccc(OCc4ccc(C)cc4)cc3)c2C(=O)NC2CC2)C1. The van der Waals surface area contributed by atoms with Crippen LogP contribution in [0.2, 0.25) is 0 Å². The third kappa shape index (κ3) is 5.41. The molecule has 0 aliphatic heterocycles. The van der Waals surface area contributed by atoms with Gasteiger partial charge in [0.15, 0.2) is 0 Å². The minimum absolute atomic E-state index is 0.0574. The summed E-state index contributed by atoms with van der Waals surface area (Å²) < 4.78 is 5.92. The third-order valence-corrected chi connectivity index (χ3v) is 7.97. The van der Waals surface area contributed by atoms with Crippen molar-refractivity contribution < 1.29 is 9.53 Å². The van der Waals surface area contributed by atoms with Crippen molar-refractivity contribution in [1.82, 2.24) is 5.32 Å². The van der Waals surface area contributed by atoms with Gasteiger partial charge in [0.2, 0.25) is 0 Å². The minimum Gasteiger partial charge on any atom is -0.489 e. The van der Waals surface area contributed by atoms with Crippen molar-refractivity contribution in [1.29, 1.82) is 0 Å². The first-order valence-electron chi connectivity index (χ1n) is 12.4. The zero-order chi connectivity index (χ0) is 23.5. The average Bonchev–Trinajstić information content (AvgIpc) is 3.59. The van der Waals surface area contributed by atoms with Gasteiger partial charge in [-0.25, -0.2) is 4.99 Å². The summed E-state index contributed by atoms with van der Waals surface area (Å²) in [5.74, 6) is 1.61. The van der Waals surface area contributed by atoms with Gasteiger partial charge in [-0.05, 0) is 85.9 Å². The molecule has 5 heteroatoms. The smallest absolute Gasteiger partial charge is 0.254 e. The highest BCUT2D eigenvalue weighted by atomic mass is 32.1. The number of aliphatic imine (C=N–C) groups is 1. The van der Waals surface area contributed by atoms with Crippen molar-refractivity contribution in [3.8, 4) is 5.75 Å². The molecule has 1 fully saturated rings. The van der Waals surface area contributed by atoms with Crippen LogP contribution in [0.5, 0.6) is 5.75 Å². The number of ether oxygens (including phenoxy) is 1. The topological polar surface area (TPSA) is 50.7 Å². The molecule has 5 rings (SSSR count). The number of carbonyl (C=O) groups is 1. The standard InChI is InChI=1S/C29H32N2O2S/c1-3-20-10-15-25-26(16-20)34-29(27(25)28(32)31-23-11-12-23)30-17-21-8-13-24(14-9-21)33-18-22-6-4-19(2)5-7-22/h4-9,13-14,17,20,23H,3,10-12,15-16,18H2,1-2H3,(H,31,32)/t20-/m1/s1. The molecule has 34 heavy (non-hydrogen) atoms. The molecule has 3 aromatic rings. The summed E-state index contributed by atoms with van der Waals surface area (Å²) in [4.78, 5) is 19.2. The molecule has 1 heterocycles. The summed E-state index contributed by atoms with van der Waals surface area (Å²) in [7, 11) is 0. The highest BCUT2D eigenvalue weighted by molar-refractivity contribution is 7.16. The van der Waals surface area contributed by atoms with Crippen molar-refractivity contribution in [2.75, 3.05) is 0 Å². The molecule has 176 valence electrons.